The first-order valence-corrected chi connectivity index (χ1v) is 9.78. The molecule has 1 aromatic heterocycles. The van der Waals surface area contributed by atoms with Gasteiger partial charge in [-0.3, -0.25) is 0 Å². The van der Waals surface area contributed by atoms with Gasteiger partial charge in [-0.25, -0.2) is 0 Å². The van der Waals surface area contributed by atoms with E-state index in [1.165, 1.54) is 20.9 Å². The van der Waals surface area contributed by atoms with Crippen molar-refractivity contribution in [2.75, 3.05) is 0 Å². The van der Waals surface area contributed by atoms with Crippen LogP contribution in [0.4, 0.5) is 0 Å². The van der Waals surface area contributed by atoms with Crippen LogP contribution >= 0.6 is 27.3 Å². The Balaban J connectivity index is 1.89. The van der Waals surface area contributed by atoms with E-state index in [1.807, 2.05) is 11.3 Å². The van der Waals surface area contributed by atoms with Crippen molar-refractivity contribution in [2.24, 2.45) is 5.92 Å². The molecule has 3 rings (SSSR count). The average molecular weight is 401 g/mol. The third kappa shape index (κ3) is 3.73. The Bertz CT molecular complexity index is 792. The van der Waals surface area contributed by atoms with Gasteiger partial charge in [-0.1, -0.05) is 46.8 Å². The second kappa shape index (κ2) is 7.54. The predicted molar refractivity (Wildman–Crippen MR) is 108 cm³/mol. The number of benzene rings is 1. The highest BCUT2D eigenvalue weighted by atomic mass is 79.9. The summed E-state index contributed by atoms with van der Waals surface area (Å²) in [5, 5.41) is 9.87. The van der Waals surface area contributed by atoms with Crippen LogP contribution in [-0.4, -0.2) is 5.11 Å². The maximum Gasteiger partial charge on any atom is 0.0929 e. The van der Waals surface area contributed by atoms with Gasteiger partial charge in [0.05, 0.1) is 5.76 Å². The molecular weight excluding hydrogens is 380 g/mol. The summed E-state index contributed by atoms with van der Waals surface area (Å²) in [6, 6.07) is 12.9. The second-order valence-corrected chi connectivity index (χ2v) is 8.11. The van der Waals surface area contributed by atoms with Gasteiger partial charge in [0.25, 0.3) is 0 Å². The van der Waals surface area contributed by atoms with Crippen LogP contribution in [-0.2, 0) is 0 Å². The number of thiophene rings is 1. The lowest BCUT2D eigenvalue weighted by Crippen LogP contribution is -2.07. The lowest BCUT2D eigenvalue weighted by atomic mass is 9.84. The van der Waals surface area contributed by atoms with E-state index in [0.717, 1.165) is 29.3 Å². The molecular formula is C21H21BrOS. The van der Waals surface area contributed by atoms with Crippen LogP contribution in [0.15, 0.2) is 70.9 Å². The molecule has 1 N–H and O–H groups in total. The van der Waals surface area contributed by atoms with Gasteiger partial charge in [0.1, 0.15) is 0 Å². The monoisotopic (exact) mass is 400 g/mol. The number of halogens is 1. The van der Waals surface area contributed by atoms with Gasteiger partial charge in [-0.2, -0.15) is 0 Å². The van der Waals surface area contributed by atoms with Crippen molar-refractivity contribution in [2.45, 2.75) is 26.2 Å². The van der Waals surface area contributed by atoms with Crippen LogP contribution in [0.2, 0.25) is 0 Å². The topological polar surface area (TPSA) is 20.2 Å². The maximum absolute atomic E-state index is 9.87. The number of hydrogen-bond acceptors (Lipinski definition) is 2. The highest BCUT2D eigenvalue weighted by molar-refractivity contribution is 9.10. The summed E-state index contributed by atoms with van der Waals surface area (Å²) in [5.74, 6) is 0.656. The Morgan fingerprint density at radius 3 is 2.58 bits per heavy atom. The first kappa shape index (κ1) is 17.2. The van der Waals surface area contributed by atoms with E-state index in [2.05, 4.69) is 65.0 Å². The number of hydrogen-bond donors (Lipinski definition) is 1. The molecule has 1 heterocycles. The molecule has 2 aromatic rings. The Kier molecular flexibility index (Phi) is 5.42. The highest BCUT2D eigenvalue weighted by Crippen LogP contribution is 2.39. The van der Waals surface area contributed by atoms with Crippen molar-refractivity contribution < 1.29 is 5.11 Å². The van der Waals surface area contributed by atoms with Crippen molar-refractivity contribution in [3.05, 3.63) is 75.8 Å². The Morgan fingerprint density at radius 2 is 1.92 bits per heavy atom. The summed E-state index contributed by atoms with van der Waals surface area (Å²) in [6.07, 6.45) is 7.44. The molecule has 3 heteroatoms. The van der Waals surface area contributed by atoms with Gasteiger partial charge in [-0.05, 0) is 67.2 Å². The normalized spacial score (nSPS) is 18.8. The molecule has 0 amide bonds. The number of rotatable bonds is 4. The maximum atomic E-state index is 9.87. The fourth-order valence-corrected chi connectivity index (χ4v) is 4.55. The molecule has 0 aliphatic heterocycles. The summed E-state index contributed by atoms with van der Waals surface area (Å²) in [4.78, 5) is 2.62. The molecule has 1 unspecified atom stereocenters. The number of allylic oxidation sites excluding steroid dienone is 5. The van der Waals surface area contributed by atoms with Crippen LogP contribution in [0.1, 0.15) is 31.1 Å². The van der Waals surface area contributed by atoms with Crippen molar-refractivity contribution in [3.8, 4) is 10.4 Å². The van der Waals surface area contributed by atoms with Crippen molar-refractivity contribution in [3.63, 3.8) is 0 Å². The molecule has 124 valence electrons. The molecule has 1 aliphatic carbocycles. The highest BCUT2D eigenvalue weighted by Gasteiger charge is 2.19. The van der Waals surface area contributed by atoms with Gasteiger partial charge in [-0.15, -0.1) is 11.3 Å². The standard InChI is InChI=1S/C21H21BrOS/c1-3-19(14(2)23)16-5-4-6-17(13-16)21-12-11-20(24-21)15-7-9-18(22)10-8-15/h3,7-13,16,23H,1,4-6H2,2H3/b19-14-. The fourth-order valence-electron chi connectivity index (χ4n) is 3.22. The average Bonchev–Trinajstić information content (AvgIpc) is 3.06. The van der Waals surface area contributed by atoms with Gasteiger partial charge in [0.2, 0.25) is 0 Å². The molecule has 24 heavy (non-hydrogen) atoms. The van der Waals surface area contributed by atoms with Crippen LogP contribution < -0.4 is 0 Å². The van der Waals surface area contributed by atoms with E-state index in [4.69, 9.17) is 0 Å². The summed E-state index contributed by atoms with van der Waals surface area (Å²) >= 11 is 5.33. The lowest BCUT2D eigenvalue weighted by Gasteiger charge is -2.22. The molecule has 0 saturated heterocycles. The van der Waals surface area contributed by atoms with E-state index in [0.29, 0.717) is 5.76 Å². The Morgan fingerprint density at radius 1 is 1.21 bits per heavy atom. The summed E-state index contributed by atoms with van der Waals surface area (Å²) in [5.41, 5.74) is 3.59. The molecule has 1 nitrogen and oxygen atoms in total. The minimum atomic E-state index is 0.273. The SMILES string of the molecule is C=C/C(=C(\C)O)C1C=C(c2ccc(-c3ccc(Br)cc3)s2)CCC1. The van der Waals surface area contributed by atoms with Crippen molar-refractivity contribution in [1.29, 1.82) is 0 Å². The zero-order valence-electron chi connectivity index (χ0n) is 13.8. The third-order valence-corrected chi connectivity index (χ3v) is 6.19. The quantitative estimate of drug-likeness (QED) is 0.419. The zero-order valence-corrected chi connectivity index (χ0v) is 16.2. The Hall–Kier alpha value is -1.58. The van der Waals surface area contributed by atoms with Crippen molar-refractivity contribution in [1.82, 2.24) is 0 Å². The van der Waals surface area contributed by atoms with Crippen LogP contribution in [0.3, 0.4) is 0 Å². The molecule has 1 atom stereocenters. The Labute approximate surface area is 156 Å². The fraction of sp³-hybridized carbons (Fsp3) is 0.238. The summed E-state index contributed by atoms with van der Waals surface area (Å²) in [6.45, 7) is 5.60. The first-order valence-electron chi connectivity index (χ1n) is 8.17. The van der Waals surface area contributed by atoms with E-state index in [1.54, 1.807) is 13.0 Å². The zero-order chi connectivity index (χ0) is 17.1. The van der Waals surface area contributed by atoms with E-state index in [-0.39, 0.29) is 5.92 Å². The minimum absolute atomic E-state index is 0.273. The van der Waals surface area contributed by atoms with Gasteiger partial charge < -0.3 is 5.11 Å². The molecule has 1 aliphatic rings. The summed E-state index contributed by atoms with van der Waals surface area (Å²) in [7, 11) is 0. The van der Waals surface area contributed by atoms with Gasteiger partial charge in [0.15, 0.2) is 0 Å². The van der Waals surface area contributed by atoms with Crippen LogP contribution in [0.5, 0.6) is 0 Å². The molecule has 0 fully saturated rings. The minimum Gasteiger partial charge on any atom is -0.512 e. The summed E-state index contributed by atoms with van der Waals surface area (Å²) < 4.78 is 1.10. The van der Waals surface area contributed by atoms with Crippen LogP contribution in [0.25, 0.3) is 16.0 Å². The number of aliphatic hydroxyl groups is 1. The molecule has 0 radical (unpaired) electrons. The largest absolute Gasteiger partial charge is 0.512 e. The number of aliphatic hydroxyl groups excluding tert-OH is 1. The third-order valence-electron chi connectivity index (χ3n) is 4.45. The van der Waals surface area contributed by atoms with Gasteiger partial charge in [0, 0.05) is 20.1 Å². The molecule has 0 saturated carbocycles. The predicted octanol–water partition coefficient (Wildman–Crippen LogP) is 7.38. The molecule has 0 bridgehead atoms. The van der Waals surface area contributed by atoms with E-state index < -0.39 is 0 Å². The second-order valence-electron chi connectivity index (χ2n) is 6.11. The van der Waals surface area contributed by atoms with E-state index >= 15 is 0 Å². The van der Waals surface area contributed by atoms with Crippen LogP contribution in [0, 0.1) is 5.92 Å². The molecule has 0 spiro atoms. The van der Waals surface area contributed by atoms with Gasteiger partial charge >= 0.3 is 0 Å². The van der Waals surface area contributed by atoms with E-state index in [9.17, 15) is 5.11 Å². The first-order chi connectivity index (χ1) is 11.6. The smallest absolute Gasteiger partial charge is 0.0929 e. The molecule has 1 aromatic carbocycles. The lowest BCUT2D eigenvalue weighted by molar-refractivity contribution is 0.399. The van der Waals surface area contributed by atoms with Crippen molar-refractivity contribution >= 4 is 32.8 Å².